The Kier molecular flexibility index (Phi) is 7.78. The largest absolute Gasteiger partial charge is 0.477 e. The third kappa shape index (κ3) is 5.07. The number of aromatic nitrogens is 2. The molecule has 15 heteroatoms. The fourth-order valence-electron chi connectivity index (χ4n) is 3.57. The molecule has 0 bridgehead atoms. The second kappa shape index (κ2) is 10.8. The molecule has 184 valence electrons. The SMILES string of the molecule is CO/N=C(\C(=O)NC1C(=O)N2C(C(=O)O)=C(C=CC[n+]3ccsc3SC)CS[C@H]12)c1csc(N)n1. The molecule has 2 aliphatic rings. The summed E-state index contributed by atoms with van der Waals surface area (Å²) in [6.45, 7) is 0.583. The van der Waals surface area contributed by atoms with Gasteiger partial charge in [0.05, 0.1) is 5.38 Å². The molecule has 0 spiro atoms. The van der Waals surface area contributed by atoms with Crippen LogP contribution >= 0.6 is 46.2 Å². The molecule has 2 atom stereocenters. The van der Waals surface area contributed by atoms with Gasteiger partial charge in [0.25, 0.3) is 16.2 Å². The van der Waals surface area contributed by atoms with E-state index in [1.807, 2.05) is 23.9 Å². The molecule has 1 fully saturated rings. The van der Waals surface area contributed by atoms with Gasteiger partial charge in [-0.15, -0.1) is 23.1 Å². The highest BCUT2D eigenvalue weighted by atomic mass is 32.2. The molecular weight excluding hydrogens is 533 g/mol. The van der Waals surface area contributed by atoms with Crippen molar-refractivity contribution in [2.75, 3.05) is 24.9 Å². The zero-order valence-corrected chi connectivity index (χ0v) is 21.8. The number of anilines is 1. The summed E-state index contributed by atoms with van der Waals surface area (Å²) in [7, 11) is 1.29. The van der Waals surface area contributed by atoms with Crippen molar-refractivity contribution in [3.8, 4) is 0 Å². The van der Waals surface area contributed by atoms with Gasteiger partial charge in [-0.05, 0) is 29.7 Å². The predicted molar refractivity (Wildman–Crippen MR) is 135 cm³/mol. The third-order valence-corrected chi connectivity index (χ3v) is 9.13. The summed E-state index contributed by atoms with van der Waals surface area (Å²) < 4.78 is 3.19. The van der Waals surface area contributed by atoms with E-state index in [9.17, 15) is 19.5 Å². The summed E-state index contributed by atoms with van der Waals surface area (Å²) >= 11 is 5.78. The van der Waals surface area contributed by atoms with Crippen molar-refractivity contribution in [2.45, 2.75) is 22.3 Å². The first kappa shape index (κ1) is 25.2. The van der Waals surface area contributed by atoms with Crippen molar-refractivity contribution in [3.63, 3.8) is 0 Å². The quantitative estimate of drug-likeness (QED) is 0.137. The average molecular weight is 554 g/mol. The number of thiazole rings is 2. The zero-order valence-electron chi connectivity index (χ0n) is 18.5. The molecule has 4 heterocycles. The van der Waals surface area contributed by atoms with E-state index in [1.165, 1.54) is 23.8 Å². The number of oxime groups is 1. The van der Waals surface area contributed by atoms with E-state index in [1.54, 1.807) is 34.6 Å². The third-order valence-electron chi connectivity index (χ3n) is 5.09. The van der Waals surface area contributed by atoms with Gasteiger partial charge in [-0.3, -0.25) is 14.5 Å². The second-order valence-electron chi connectivity index (χ2n) is 7.16. The van der Waals surface area contributed by atoms with Crippen molar-refractivity contribution in [3.05, 3.63) is 46.1 Å². The van der Waals surface area contributed by atoms with Crippen LogP contribution in [0.3, 0.4) is 0 Å². The minimum absolute atomic E-state index is 0.0704. The number of allylic oxidation sites excluding steroid dienone is 2. The van der Waals surface area contributed by atoms with Gasteiger partial charge in [0.1, 0.15) is 29.9 Å². The lowest BCUT2D eigenvalue weighted by molar-refractivity contribution is -0.716. The van der Waals surface area contributed by atoms with Crippen molar-refractivity contribution in [2.24, 2.45) is 5.16 Å². The normalized spacial score (nSPS) is 20.1. The first-order valence-corrected chi connectivity index (χ1v) is 14.1. The molecule has 0 radical (unpaired) electrons. The van der Waals surface area contributed by atoms with Crippen LogP contribution in [0.4, 0.5) is 5.13 Å². The summed E-state index contributed by atoms with van der Waals surface area (Å²) in [5, 5.41) is 19.4. The van der Waals surface area contributed by atoms with Crippen LogP contribution in [-0.4, -0.2) is 69.0 Å². The minimum atomic E-state index is -1.19. The molecular formula is C20H21N6O5S4+. The van der Waals surface area contributed by atoms with Crippen molar-refractivity contribution in [1.82, 2.24) is 15.2 Å². The Morgan fingerprint density at radius 3 is 2.94 bits per heavy atom. The fraction of sp³-hybridized carbons (Fsp3) is 0.300. The Bertz CT molecular complexity index is 1250. The van der Waals surface area contributed by atoms with Crippen LogP contribution < -0.4 is 15.6 Å². The number of nitrogens with two attached hydrogens (primary N) is 1. The van der Waals surface area contributed by atoms with E-state index in [0.717, 1.165) is 15.7 Å². The highest BCUT2D eigenvalue weighted by Gasteiger charge is 2.54. The number of carboxylic acids is 1. The maximum Gasteiger partial charge on any atom is 0.352 e. The summed E-state index contributed by atoms with van der Waals surface area (Å²) in [5.41, 5.74) is 6.21. The Morgan fingerprint density at radius 1 is 1.49 bits per heavy atom. The molecule has 4 rings (SSSR count). The van der Waals surface area contributed by atoms with E-state index >= 15 is 0 Å². The van der Waals surface area contributed by atoms with Crippen LogP contribution in [0.25, 0.3) is 0 Å². The molecule has 2 aliphatic heterocycles. The molecule has 0 aliphatic carbocycles. The van der Waals surface area contributed by atoms with Crippen LogP contribution in [-0.2, 0) is 25.8 Å². The van der Waals surface area contributed by atoms with Crippen molar-refractivity contribution >= 4 is 74.8 Å². The van der Waals surface area contributed by atoms with Crippen LogP contribution in [0.15, 0.2) is 49.9 Å². The van der Waals surface area contributed by atoms with Gasteiger partial charge < -0.3 is 21.0 Å². The Morgan fingerprint density at radius 2 is 2.29 bits per heavy atom. The lowest BCUT2D eigenvalue weighted by Gasteiger charge is -2.49. The molecule has 0 saturated carbocycles. The maximum absolute atomic E-state index is 12.9. The molecule has 1 unspecified atom stereocenters. The monoisotopic (exact) mass is 553 g/mol. The van der Waals surface area contributed by atoms with Gasteiger partial charge >= 0.3 is 5.97 Å². The highest BCUT2D eigenvalue weighted by molar-refractivity contribution is 8.00. The van der Waals surface area contributed by atoms with Gasteiger partial charge in [-0.1, -0.05) is 22.6 Å². The number of aliphatic carboxylic acids is 1. The number of β-lactam (4-membered cyclic amide) rings is 1. The topological polar surface area (TPSA) is 151 Å². The predicted octanol–water partition coefficient (Wildman–Crippen LogP) is 1.14. The number of carbonyl (C=O) groups excluding carboxylic acids is 2. The first-order valence-electron chi connectivity index (χ1n) is 10.1. The fourth-order valence-corrected chi connectivity index (χ4v) is 6.96. The van der Waals surface area contributed by atoms with Gasteiger partial charge in [0.15, 0.2) is 23.6 Å². The number of nitrogens with one attached hydrogen (secondary N) is 1. The molecule has 35 heavy (non-hydrogen) atoms. The molecule has 2 aromatic rings. The molecule has 4 N–H and O–H groups in total. The average Bonchev–Trinajstić information content (AvgIpc) is 3.48. The van der Waals surface area contributed by atoms with E-state index in [0.29, 0.717) is 17.9 Å². The molecule has 11 nitrogen and oxygen atoms in total. The summed E-state index contributed by atoms with van der Waals surface area (Å²) in [6, 6.07) is -0.907. The van der Waals surface area contributed by atoms with Crippen LogP contribution in [0.1, 0.15) is 5.69 Å². The molecule has 1 saturated heterocycles. The second-order valence-corrected chi connectivity index (χ2v) is 11.1. The van der Waals surface area contributed by atoms with Gasteiger partial charge in [-0.2, -0.15) is 4.57 Å². The maximum atomic E-state index is 12.9. The number of thioether (sulfide) groups is 2. The number of carboxylic acid groups (broad SMARTS) is 1. The van der Waals surface area contributed by atoms with Crippen molar-refractivity contribution < 1.29 is 28.9 Å². The van der Waals surface area contributed by atoms with Crippen LogP contribution in [0.5, 0.6) is 0 Å². The smallest absolute Gasteiger partial charge is 0.352 e. The lowest BCUT2D eigenvalue weighted by Crippen LogP contribution is -2.71. The van der Waals surface area contributed by atoms with Gasteiger partial charge in [0.2, 0.25) is 0 Å². The van der Waals surface area contributed by atoms with Crippen LogP contribution in [0.2, 0.25) is 0 Å². The number of rotatable bonds is 9. The first-order chi connectivity index (χ1) is 16.8. The van der Waals surface area contributed by atoms with Gasteiger partial charge in [-0.25, -0.2) is 9.78 Å². The number of hydrogen-bond donors (Lipinski definition) is 3. The molecule has 2 aromatic heterocycles. The van der Waals surface area contributed by atoms with E-state index in [2.05, 4.69) is 20.0 Å². The Labute approximate surface area is 216 Å². The summed E-state index contributed by atoms with van der Waals surface area (Å²) in [6.07, 6.45) is 7.58. The Hall–Kier alpha value is -2.88. The lowest BCUT2D eigenvalue weighted by atomic mass is 10.0. The number of fused-ring (bicyclic) bond motifs is 1. The summed E-state index contributed by atoms with van der Waals surface area (Å²) in [5.74, 6) is -1.99. The number of amides is 2. The molecule has 0 aromatic carbocycles. The number of hydrogen-bond acceptors (Lipinski definition) is 11. The van der Waals surface area contributed by atoms with E-state index < -0.39 is 29.2 Å². The highest BCUT2D eigenvalue weighted by Crippen LogP contribution is 2.40. The number of carbonyl (C=O) groups is 3. The van der Waals surface area contributed by atoms with Crippen molar-refractivity contribution in [1.29, 1.82) is 0 Å². The number of nitrogens with zero attached hydrogens (tertiary/aromatic N) is 4. The van der Waals surface area contributed by atoms with E-state index in [-0.39, 0.29) is 22.2 Å². The van der Waals surface area contributed by atoms with Gasteiger partial charge in [0, 0.05) is 11.1 Å². The summed E-state index contributed by atoms with van der Waals surface area (Å²) in [4.78, 5) is 47.8. The Balaban J connectivity index is 1.49. The van der Waals surface area contributed by atoms with E-state index in [4.69, 9.17) is 10.6 Å². The zero-order chi connectivity index (χ0) is 25.1. The number of nitrogen functional groups attached to an aromatic ring is 1. The standard InChI is InChI=1S/C20H20N6O5S4/c1-31-24-12(11-9-35-19(21)22-11)15(27)23-13-16(28)26-14(18(29)30)10(8-34-17(13)26)4-3-5-25-6-7-33-20(25)32-2/h3-4,6-7,9,13,17H,5,8H2,1-2H3,(H3-,21,22,23,27,29,30)/p+1/b4-3?,24-12-/t13?,17-/m1/s1. The van der Waals surface area contributed by atoms with Crippen LogP contribution in [0, 0.1) is 0 Å². The molecule has 2 amide bonds. The minimum Gasteiger partial charge on any atom is -0.477 e.